The van der Waals surface area contributed by atoms with Crippen molar-refractivity contribution in [2.75, 3.05) is 0 Å². The van der Waals surface area contributed by atoms with E-state index in [-0.39, 0.29) is 16.8 Å². The number of nitrogens with one attached hydrogen (secondary N) is 1. The highest BCUT2D eigenvalue weighted by Gasteiger charge is 2.18. The first-order valence-corrected chi connectivity index (χ1v) is 8.65. The third kappa shape index (κ3) is 5.56. The van der Waals surface area contributed by atoms with Gasteiger partial charge in [0.2, 0.25) is 10.0 Å². The largest absolute Gasteiger partial charge is 0.389 e. The van der Waals surface area contributed by atoms with Gasteiger partial charge in [0.05, 0.1) is 5.75 Å². The molecule has 0 fully saturated rings. The lowest BCUT2D eigenvalue weighted by atomic mass is 10.1. The minimum absolute atomic E-state index is 0.0861. The van der Waals surface area contributed by atoms with E-state index in [1.165, 1.54) is 0 Å². The van der Waals surface area contributed by atoms with Crippen LogP contribution in [0, 0.1) is 5.92 Å². The van der Waals surface area contributed by atoms with Crippen LogP contribution in [0.15, 0.2) is 24.3 Å². The van der Waals surface area contributed by atoms with Crippen LogP contribution in [0.5, 0.6) is 0 Å². The zero-order chi connectivity index (χ0) is 15.3. The molecule has 0 heterocycles. The van der Waals surface area contributed by atoms with Gasteiger partial charge in [0.25, 0.3) is 0 Å². The zero-order valence-corrected chi connectivity index (χ0v) is 13.7. The number of nitrogens with two attached hydrogens (primary N) is 1. The Morgan fingerprint density at radius 1 is 1.30 bits per heavy atom. The molecule has 1 aromatic rings. The lowest BCUT2D eigenvalue weighted by Crippen LogP contribution is -2.34. The van der Waals surface area contributed by atoms with Gasteiger partial charge in [-0.2, -0.15) is 0 Å². The van der Waals surface area contributed by atoms with Crippen molar-refractivity contribution >= 4 is 27.2 Å². The van der Waals surface area contributed by atoms with Crippen molar-refractivity contribution in [3.63, 3.8) is 0 Å². The summed E-state index contributed by atoms with van der Waals surface area (Å²) in [5, 5.41) is 0. The van der Waals surface area contributed by atoms with E-state index in [9.17, 15) is 8.42 Å². The van der Waals surface area contributed by atoms with Gasteiger partial charge < -0.3 is 5.73 Å². The first kappa shape index (κ1) is 17.1. The Balaban J connectivity index is 2.84. The van der Waals surface area contributed by atoms with Gasteiger partial charge >= 0.3 is 0 Å². The molecule has 0 aliphatic heterocycles. The summed E-state index contributed by atoms with van der Waals surface area (Å²) in [5.41, 5.74) is 6.86. The SMILES string of the molecule is CC(C)CC(C)NS(=O)(=O)Cc1ccccc1C(N)=S. The second kappa shape index (κ2) is 7.15. The summed E-state index contributed by atoms with van der Waals surface area (Å²) in [5.74, 6) is 0.333. The molecule has 0 bridgehead atoms. The van der Waals surface area contributed by atoms with Crippen molar-refractivity contribution in [1.82, 2.24) is 4.72 Å². The Morgan fingerprint density at radius 2 is 1.90 bits per heavy atom. The molecule has 6 heteroatoms. The number of rotatable bonds is 7. The molecule has 0 aliphatic carbocycles. The molecular formula is C14H22N2O2S2. The second-order valence-corrected chi connectivity index (χ2v) is 7.62. The fourth-order valence-electron chi connectivity index (χ4n) is 2.19. The molecule has 0 saturated carbocycles. The normalized spacial score (nSPS) is 13.4. The second-order valence-electron chi connectivity index (χ2n) is 5.43. The van der Waals surface area contributed by atoms with Crippen LogP contribution in [0.1, 0.15) is 38.3 Å². The first-order chi connectivity index (χ1) is 9.21. The maximum atomic E-state index is 12.2. The summed E-state index contributed by atoms with van der Waals surface area (Å²) in [6.45, 7) is 6.00. The van der Waals surface area contributed by atoms with Crippen molar-refractivity contribution in [2.24, 2.45) is 11.7 Å². The van der Waals surface area contributed by atoms with E-state index in [2.05, 4.69) is 18.6 Å². The summed E-state index contributed by atoms with van der Waals surface area (Å²) in [4.78, 5) is 0.214. The van der Waals surface area contributed by atoms with E-state index in [0.29, 0.717) is 17.0 Å². The molecule has 1 atom stereocenters. The van der Waals surface area contributed by atoms with Crippen molar-refractivity contribution in [2.45, 2.75) is 39.0 Å². The Morgan fingerprint density at radius 3 is 2.45 bits per heavy atom. The molecule has 112 valence electrons. The summed E-state index contributed by atoms with van der Waals surface area (Å²) >= 11 is 4.95. The number of benzene rings is 1. The Bertz CT molecular complexity index is 568. The highest BCUT2D eigenvalue weighted by atomic mass is 32.2. The fraction of sp³-hybridized carbons (Fsp3) is 0.500. The van der Waals surface area contributed by atoms with Gasteiger partial charge in [-0.05, 0) is 24.8 Å². The minimum Gasteiger partial charge on any atom is -0.389 e. The number of hydrogen-bond acceptors (Lipinski definition) is 3. The molecule has 0 spiro atoms. The molecule has 0 aromatic heterocycles. The molecule has 1 aromatic carbocycles. The molecule has 1 rings (SSSR count). The lowest BCUT2D eigenvalue weighted by molar-refractivity contribution is 0.482. The number of hydrogen-bond donors (Lipinski definition) is 2. The van der Waals surface area contributed by atoms with Gasteiger partial charge in [-0.1, -0.05) is 50.3 Å². The van der Waals surface area contributed by atoms with Crippen LogP contribution in [-0.4, -0.2) is 19.4 Å². The molecule has 1 unspecified atom stereocenters. The van der Waals surface area contributed by atoms with Crippen molar-refractivity contribution in [3.8, 4) is 0 Å². The van der Waals surface area contributed by atoms with Crippen LogP contribution in [0.3, 0.4) is 0 Å². The van der Waals surface area contributed by atoms with E-state index < -0.39 is 10.0 Å². The molecule has 3 N–H and O–H groups in total. The topological polar surface area (TPSA) is 72.2 Å². The van der Waals surface area contributed by atoms with E-state index in [4.69, 9.17) is 18.0 Å². The quantitative estimate of drug-likeness (QED) is 0.757. The van der Waals surface area contributed by atoms with E-state index in [1.54, 1.807) is 24.3 Å². The average molecular weight is 314 g/mol. The van der Waals surface area contributed by atoms with Crippen LogP contribution in [0.4, 0.5) is 0 Å². The van der Waals surface area contributed by atoms with Crippen molar-refractivity contribution in [1.29, 1.82) is 0 Å². The molecule has 0 saturated heterocycles. The van der Waals surface area contributed by atoms with Gasteiger partial charge in [-0.3, -0.25) is 0 Å². The first-order valence-electron chi connectivity index (χ1n) is 6.59. The van der Waals surface area contributed by atoms with E-state index >= 15 is 0 Å². The van der Waals surface area contributed by atoms with Gasteiger partial charge in [0.15, 0.2) is 0 Å². The predicted molar refractivity (Wildman–Crippen MR) is 87.0 cm³/mol. The molecule has 0 radical (unpaired) electrons. The predicted octanol–water partition coefficient (Wildman–Crippen LogP) is 2.17. The van der Waals surface area contributed by atoms with Crippen molar-refractivity contribution < 1.29 is 8.42 Å². The van der Waals surface area contributed by atoms with Crippen LogP contribution in [-0.2, 0) is 15.8 Å². The highest BCUT2D eigenvalue weighted by Crippen LogP contribution is 2.13. The van der Waals surface area contributed by atoms with E-state index in [1.807, 2.05) is 6.92 Å². The summed E-state index contributed by atoms with van der Waals surface area (Å²) in [6, 6.07) is 6.96. The number of thiocarbonyl (C=S) groups is 1. The highest BCUT2D eigenvalue weighted by molar-refractivity contribution is 7.88. The molecule has 20 heavy (non-hydrogen) atoms. The van der Waals surface area contributed by atoms with Gasteiger partial charge in [-0.15, -0.1) is 0 Å². The summed E-state index contributed by atoms with van der Waals surface area (Å²) in [7, 11) is -3.40. The monoisotopic (exact) mass is 314 g/mol. The third-order valence-corrected chi connectivity index (χ3v) is 4.51. The Kier molecular flexibility index (Phi) is 6.10. The molecule has 0 amide bonds. The van der Waals surface area contributed by atoms with Crippen LogP contribution in [0.25, 0.3) is 0 Å². The summed E-state index contributed by atoms with van der Waals surface area (Å²) in [6.07, 6.45) is 0.802. The smallest absolute Gasteiger partial charge is 0.216 e. The molecular weight excluding hydrogens is 292 g/mol. The zero-order valence-electron chi connectivity index (χ0n) is 12.1. The van der Waals surface area contributed by atoms with Crippen molar-refractivity contribution in [3.05, 3.63) is 35.4 Å². The maximum Gasteiger partial charge on any atom is 0.216 e. The Hall–Kier alpha value is -0.980. The Labute approximate surface area is 126 Å². The standard InChI is InChI=1S/C14H22N2O2S2/c1-10(2)8-11(3)16-20(17,18)9-12-6-4-5-7-13(12)14(15)19/h4-7,10-11,16H,8-9H2,1-3H3,(H2,15,19). The van der Waals surface area contributed by atoms with Gasteiger partial charge in [-0.25, -0.2) is 13.1 Å². The van der Waals surface area contributed by atoms with Crippen LogP contribution >= 0.6 is 12.2 Å². The summed E-state index contributed by atoms with van der Waals surface area (Å²) < 4.78 is 27.0. The van der Waals surface area contributed by atoms with E-state index in [0.717, 1.165) is 6.42 Å². The fourth-order valence-corrected chi connectivity index (χ4v) is 3.85. The van der Waals surface area contributed by atoms with Crippen LogP contribution < -0.4 is 10.5 Å². The molecule has 0 aliphatic rings. The number of sulfonamides is 1. The van der Waals surface area contributed by atoms with Crippen LogP contribution in [0.2, 0.25) is 0 Å². The minimum atomic E-state index is -3.40. The maximum absolute atomic E-state index is 12.2. The lowest BCUT2D eigenvalue weighted by Gasteiger charge is -2.17. The van der Waals surface area contributed by atoms with Gasteiger partial charge in [0, 0.05) is 11.6 Å². The van der Waals surface area contributed by atoms with Gasteiger partial charge in [0.1, 0.15) is 4.99 Å². The molecule has 4 nitrogen and oxygen atoms in total. The third-order valence-electron chi connectivity index (χ3n) is 2.83. The average Bonchev–Trinajstić information content (AvgIpc) is 2.26.